The fourth-order valence-electron chi connectivity index (χ4n) is 1.26. The van der Waals surface area contributed by atoms with Gasteiger partial charge in [0, 0.05) is 33.2 Å². The van der Waals surface area contributed by atoms with E-state index in [2.05, 4.69) is 5.32 Å². The molecule has 1 unspecified atom stereocenters. The molecule has 1 atom stereocenters. The van der Waals surface area contributed by atoms with Gasteiger partial charge in [-0.25, -0.2) is 9.59 Å². The zero-order chi connectivity index (χ0) is 14.0. The van der Waals surface area contributed by atoms with Crippen LogP contribution in [0.2, 0.25) is 0 Å². The minimum absolute atomic E-state index is 0.0711. The largest absolute Gasteiger partial charge is 0.480 e. The normalized spacial score (nSPS) is 11.9. The Hall–Kier alpha value is -1.38. The van der Waals surface area contributed by atoms with Crippen LogP contribution in [0.5, 0.6) is 0 Å². The Bertz CT molecular complexity index is 261. The number of methoxy groups -OCH3 is 1. The number of hydrogen-bond acceptors (Lipinski definition) is 5. The number of aliphatic hydroxyl groups is 2. The molecule has 0 aliphatic rings. The quantitative estimate of drug-likeness (QED) is 0.401. The molecule has 18 heavy (non-hydrogen) atoms. The number of carbonyl (C=O) groups excluding carboxylic acids is 1. The van der Waals surface area contributed by atoms with Crippen molar-refractivity contribution in [1.82, 2.24) is 10.2 Å². The third-order valence-electron chi connectivity index (χ3n) is 2.24. The summed E-state index contributed by atoms with van der Waals surface area (Å²) in [5, 5.41) is 28.6. The highest BCUT2D eigenvalue weighted by atomic mass is 16.5. The zero-order valence-corrected chi connectivity index (χ0v) is 10.3. The van der Waals surface area contributed by atoms with Gasteiger partial charge in [-0.3, -0.25) is 0 Å². The first-order valence-electron chi connectivity index (χ1n) is 5.55. The number of hydrogen-bond donors (Lipinski definition) is 4. The second-order valence-corrected chi connectivity index (χ2v) is 3.56. The smallest absolute Gasteiger partial charge is 0.326 e. The maximum absolute atomic E-state index is 11.7. The lowest BCUT2D eigenvalue weighted by atomic mass is 10.2. The van der Waals surface area contributed by atoms with Gasteiger partial charge < -0.3 is 30.3 Å². The van der Waals surface area contributed by atoms with Crippen LogP contribution < -0.4 is 5.32 Å². The third kappa shape index (κ3) is 6.38. The third-order valence-corrected chi connectivity index (χ3v) is 2.24. The van der Waals surface area contributed by atoms with Crippen molar-refractivity contribution in [1.29, 1.82) is 0 Å². The Morgan fingerprint density at radius 2 is 1.94 bits per heavy atom. The molecule has 0 bridgehead atoms. The number of carboxylic acids is 1. The Labute approximate surface area is 105 Å². The van der Waals surface area contributed by atoms with Crippen molar-refractivity contribution in [3.63, 3.8) is 0 Å². The van der Waals surface area contributed by atoms with Crippen LogP contribution in [0.3, 0.4) is 0 Å². The van der Waals surface area contributed by atoms with Crippen molar-refractivity contribution in [3.05, 3.63) is 0 Å². The summed E-state index contributed by atoms with van der Waals surface area (Å²) in [4.78, 5) is 23.8. The predicted molar refractivity (Wildman–Crippen MR) is 62.2 cm³/mol. The standard InChI is InChI=1S/C10H20N2O6/c1-18-7-4-12(3-6-14)10(17)11-8(2-5-13)9(15)16/h8,13-14H,2-7H2,1H3,(H,11,17)(H,15,16). The molecule has 8 nitrogen and oxygen atoms in total. The minimum atomic E-state index is -1.21. The van der Waals surface area contributed by atoms with Gasteiger partial charge >= 0.3 is 12.0 Å². The fourth-order valence-corrected chi connectivity index (χ4v) is 1.26. The number of carbonyl (C=O) groups is 2. The van der Waals surface area contributed by atoms with Crippen LogP contribution in [0.15, 0.2) is 0 Å². The number of carboxylic acid groups (broad SMARTS) is 1. The summed E-state index contributed by atoms with van der Waals surface area (Å²) < 4.78 is 4.81. The Morgan fingerprint density at radius 3 is 2.39 bits per heavy atom. The number of aliphatic hydroxyl groups excluding tert-OH is 2. The molecule has 4 N–H and O–H groups in total. The van der Waals surface area contributed by atoms with Crippen molar-refractivity contribution in [2.24, 2.45) is 0 Å². The van der Waals surface area contributed by atoms with Crippen LogP contribution in [0, 0.1) is 0 Å². The predicted octanol–water partition coefficient (Wildman–Crippen LogP) is -1.53. The summed E-state index contributed by atoms with van der Waals surface area (Å²) in [6, 6.07) is -1.76. The van der Waals surface area contributed by atoms with E-state index < -0.39 is 18.0 Å². The van der Waals surface area contributed by atoms with Crippen LogP contribution >= 0.6 is 0 Å². The minimum Gasteiger partial charge on any atom is -0.480 e. The van der Waals surface area contributed by atoms with Gasteiger partial charge in [-0.2, -0.15) is 0 Å². The van der Waals surface area contributed by atoms with E-state index in [1.165, 1.54) is 12.0 Å². The van der Waals surface area contributed by atoms with E-state index >= 15 is 0 Å². The van der Waals surface area contributed by atoms with Crippen LogP contribution in [0.1, 0.15) is 6.42 Å². The van der Waals surface area contributed by atoms with E-state index in [0.29, 0.717) is 0 Å². The van der Waals surface area contributed by atoms with Crippen molar-refractivity contribution < 1.29 is 29.6 Å². The molecule has 0 saturated heterocycles. The lowest BCUT2D eigenvalue weighted by molar-refractivity contribution is -0.139. The van der Waals surface area contributed by atoms with E-state index in [4.69, 9.17) is 20.1 Å². The molecule has 0 fully saturated rings. The molecule has 0 spiro atoms. The first-order chi connectivity index (χ1) is 8.56. The first kappa shape index (κ1) is 16.6. The molecule has 0 aromatic rings. The zero-order valence-electron chi connectivity index (χ0n) is 10.3. The van der Waals surface area contributed by atoms with E-state index in [1.54, 1.807) is 0 Å². The maximum Gasteiger partial charge on any atom is 0.326 e. The van der Waals surface area contributed by atoms with E-state index in [9.17, 15) is 9.59 Å². The number of nitrogens with one attached hydrogen (secondary N) is 1. The monoisotopic (exact) mass is 264 g/mol. The number of aliphatic carboxylic acids is 1. The summed E-state index contributed by atoms with van der Waals surface area (Å²) in [6.07, 6.45) is -0.0711. The van der Waals surface area contributed by atoms with Gasteiger partial charge in [0.2, 0.25) is 0 Å². The van der Waals surface area contributed by atoms with Crippen LogP contribution in [0.25, 0.3) is 0 Å². The van der Waals surface area contributed by atoms with E-state index in [0.717, 1.165) is 0 Å². The second kappa shape index (κ2) is 9.63. The molecule has 0 aliphatic heterocycles. The molecule has 0 rings (SSSR count). The second-order valence-electron chi connectivity index (χ2n) is 3.56. The van der Waals surface area contributed by atoms with Gasteiger partial charge in [-0.15, -0.1) is 0 Å². The van der Waals surface area contributed by atoms with Gasteiger partial charge in [0.1, 0.15) is 6.04 Å². The Kier molecular flexibility index (Phi) is 8.89. The van der Waals surface area contributed by atoms with Crippen molar-refractivity contribution in [3.8, 4) is 0 Å². The van der Waals surface area contributed by atoms with Crippen molar-refractivity contribution in [2.45, 2.75) is 12.5 Å². The number of rotatable bonds is 9. The molecule has 106 valence electrons. The highest BCUT2D eigenvalue weighted by Gasteiger charge is 2.22. The van der Waals surface area contributed by atoms with E-state index in [-0.39, 0.29) is 39.3 Å². The lowest BCUT2D eigenvalue weighted by Crippen LogP contribution is -2.49. The van der Waals surface area contributed by atoms with Crippen LogP contribution in [-0.2, 0) is 9.53 Å². The maximum atomic E-state index is 11.7. The molecular formula is C10H20N2O6. The van der Waals surface area contributed by atoms with Gasteiger partial charge in [0.25, 0.3) is 0 Å². The SMILES string of the molecule is COCCN(CCO)C(=O)NC(CCO)C(=O)O. The van der Waals surface area contributed by atoms with Gasteiger partial charge in [0.05, 0.1) is 13.2 Å². The molecule has 0 aliphatic carbocycles. The summed E-state index contributed by atoms with van der Waals surface area (Å²) in [6.45, 7) is 0.0460. The molecule has 0 aromatic carbocycles. The first-order valence-corrected chi connectivity index (χ1v) is 5.55. The summed E-state index contributed by atoms with van der Waals surface area (Å²) >= 11 is 0. The number of urea groups is 1. The summed E-state index contributed by atoms with van der Waals surface area (Å²) in [5.74, 6) is -1.21. The lowest BCUT2D eigenvalue weighted by Gasteiger charge is -2.24. The van der Waals surface area contributed by atoms with Crippen molar-refractivity contribution >= 4 is 12.0 Å². The molecule has 0 saturated carbocycles. The Morgan fingerprint density at radius 1 is 1.28 bits per heavy atom. The number of ether oxygens (including phenoxy) is 1. The molecule has 2 amide bonds. The van der Waals surface area contributed by atoms with E-state index in [1.807, 2.05) is 0 Å². The number of nitrogens with zero attached hydrogens (tertiary/aromatic N) is 1. The highest BCUT2D eigenvalue weighted by molar-refractivity contribution is 5.82. The number of amides is 2. The highest BCUT2D eigenvalue weighted by Crippen LogP contribution is 1.96. The average molecular weight is 264 g/mol. The van der Waals surface area contributed by atoms with Gasteiger partial charge in [-0.05, 0) is 0 Å². The summed E-state index contributed by atoms with van der Waals surface area (Å²) in [5.41, 5.74) is 0. The molecular weight excluding hydrogens is 244 g/mol. The molecule has 0 heterocycles. The van der Waals surface area contributed by atoms with Gasteiger partial charge in [-0.1, -0.05) is 0 Å². The molecule has 8 heteroatoms. The Balaban J connectivity index is 4.40. The topological polar surface area (TPSA) is 119 Å². The summed E-state index contributed by atoms with van der Waals surface area (Å²) in [7, 11) is 1.47. The van der Waals surface area contributed by atoms with Crippen LogP contribution in [0.4, 0.5) is 4.79 Å². The molecule has 0 aromatic heterocycles. The average Bonchev–Trinajstić information content (AvgIpc) is 2.33. The van der Waals surface area contributed by atoms with Crippen molar-refractivity contribution in [2.75, 3.05) is 40.0 Å². The van der Waals surface area contributed by atoms with Crippen LogP contribution in [-0.4, -0.2) is 78.3 Å². The molecule has 0 radical (unpaired) electrons. The van der Waals surface area contributed by atoms with Gasteiger partial charge in [0.15, 0.2) is 0 Å². The fraction of sp³-hybridized carbons (Fsp3) is 0.800.